The molecule has 1 amide bonds. The number of primary amides is 1. The van der Waals surface area contributed by atoms with Crippen molar-refractivity contribution in [3.05, 3.63) is 24.8 Å². The van der Waals surface area contributed by atoms with Crippen molar-refractivity contribution < 1.29 is 9.59 Å². The number of hydrogen-bond acceptors (Lipinski definition) is 2. The Balaban J connectivity index is 0. The Morgan fingerprint density at radius 1 is 1.70 bits per heavy atom. The van der Waals surface area contributed by atoms with Crippen LogP contribution in [0, 0.1) is 0 Å². The molecule has 0 atom stereocenters. The van der Waals surface area contributed by atoms with Crippen molar-refractivity contribution in [2.45, 2.75) is 6.92 Å². The smallest absolute Gasteiger partial charge is 0.240 e. The van der Waals surface area contributed by atoms with Crippen LogP contribution >= 0.6 is 0 Å². The fraction of sp³-hybridized carbons (Fsp3) is 0.143. The zero-order chi connectivity index (χ0) is 8.57. The molecule has 0 aliphatic carbocycles. The summed E-state index contributed by atoms with van der Waals surface area (Å²) in [5.74, 6) is -0.481. The number of allylic oxidation sites excluding steroid dienone is 1. The van der Waals surface area contributed by atoms with Crippen LogP contribution in [-0.4, -0.2) is 12.2 Å². The zero-order valence-electron chi connectivity index (χ0n) is 5.89. The molecule has 0 aromatic carbocycles. The molecule has 3 nitrogen and oxygen atoms in total. The van der Waals surface area contributed by atoms with Crippen molar-refractivity contribution in [2.24, 2.45) is 5.73 Å². The van der Waals surface area contributed by atoms with Gasteiger partial charge in [0.2, 0.25) is 12.2 Å². The molecule has 0 fully saturated rings. The molecule has 0 aromatic heterocycles. The van der Waals surface area contributed by atoms with Crippen LogP contribution in [0.15, 0.2) is 24.8 Å². The zero-order valence-corrected chi connectivity index (χ0v) is 5.89. The predicted molar refractivity (Wildman–Crippen MR) is 39.9 cm³/mol. The van der Waals surface area contributed by atoms with E-state index in [0.29, 0.717) is 5.57 Å². The average molecular weight is 140 g/mol. The van der Waals surface area contributed by atoms with Gasteiger partial charge >= 0.3 is 0 Å². The van der Waals surface area contributed by atoms with Gasteiger partial charge in [0, 0.05) is 0 Å². The number of carbonyl (C=O) groups excluding carboxylic acids is 2. The van der Waals surface area contributed by atoms with Gasteiger partial charge in [0.25, 0.3) is 0 Å². The van der Waals surface area contributed by atoms with E-state index < -0.39 is 5.91 Å². The molecular formula is C7H10NO2. The van der Waals surface area contributed by atoms with Crippen LogP contribution in [0.2, 0.25) is 0 Å². The highest BCUT2D eigenvalue weighted by molar-refractivity contribution is 5.84. The van der Waals surface area contributed by atoms with Gasteiger partial charge in [0.1, 0.15) is 0 Å². The summed E-state index contributed by atoms with van der Waals surface area (Å²) < 4.78 is 0. The van der Waals surface area contributed by atoms with Crippen LogP contribution < -0.4 is 5.73 Å². The molecule has 0 saturated carbocycles. The van der Waals surface area contributed by atoms with Crippen molar-refractivity contribution in [2.75, 3.05) is 0 Å². The minimum atomic E-state index is -0.481. The standard InChI is InChI=1S/C4H5O.C3H5NO/c1-4(2)3-5;1-2-3(4)5/h1H2,2H3;2H,1H2,(H2,4,5). The SMILES string of the molecule is C=C(C)[C]=O.C=CC(N)=O. The van der Waals surface area contributed by atoms with Gasteiger partial charge in [-0.2, -0.15) is 0 Å². The Hall–Kier alpha value is -1.38. The number of rotatable bonds is 2. The summed E-state index contributed by atoms with van der Waals surface area (Å²) in [4.78, 5) is 18.8. The second kappa shape index (κ2) is 7.62. The fourth-order valence-electron chi connectivity index (χ4n) is 0. The van der Waals surface area contributed by atoms with E-state index in [1.54, 1.807) is 13.2 Å². The van der Waals surface area contributed by atoms with Crippen LogP contribution in [0.25, 0.3) is 0 Å². The van der Waals surface area contributed by atoms with E-state index in [0.717, 1.165) is 6.08 Å². The van der Waals surface area contributed by atoms with Crippen molar-refractivity contribution in [1.29, 1.82) is 0 Å². The van der Waals surface area contributed by atoms with Gasteiger partial charge in [-0.15, -0.1) is 0 Å². The lowest BCUT2D eigenvalue weighted by atomic mass is 10.4. The average Bonchev–Trinajstić information content (AvgIpc) is 1.89. The molecule has 0 aliphatic rings. The van der Waals surface area contributed by atoms with Crippen LogP contribution in [-0.2, 0) is 9.59 Å². The molecule has 0 aliphatic heterocycles. The fourth-order valence-corrected chi connectivity index (χ4v) is 0. The summed E-state index contributed by atoms with van der Waals surface area (Å²) in [6, 6.07) is 0. The second-order valence-electron chi connectivity index (χ2n) is 1.49. The third-order valence-corrected chi connectivity index (χ3v) is 0.375. The summed E-state index contributed by atoms with van der Waals surface area (Å²) in [5, 5.41) is 0. The molecule has 0 heterocycles. The number of amides is 1. The maximum absolute atomic E-state index is 9.47. The molecule has 0 rings (SSSR count). The van der Waals surface area contributed by atoms with Gasteiger partial charge in [-0.05, 0) is 18.6 Å². The first-order chi connectivity index (χ1) is 4.54. The summed E-state index contributed by atoms with van der Waals surface area (Å²) in [5.41, 5.74) is 4.98. The summed E-state index contributed by atoms with van der Waals surface area (Å²) in [6.07, 6.45) is 2.64. The summed E-state index contributed by atoms with van der Waals surface area (Å²) in [6.45, 7) is 7.94. The molecule has 0 bridgehead atoms. The molecule has 0 aromatic rings. The minimum Gasteiger partial charge on any atom is -0.366 e. The normalized spacial score (nSPS) is 6.50. The van der Waals surface area contributed by atoms with Crippen molar-refractivity contribution >= 4 is 12.2 Å². The topological polar surface area (TPSA) is 60.2 Å². The Bertz CT molecular complexity index is 132. The Morgan fingerprint density at radius 2 is 1.90 bits per heavy atom. The molecule has 2 N–H and O–H groups in total. The molecular weight excluding hydrogens is 130 g/mol. The van der Waals surface area contributed by atoms with Gasteiger partial charge in [-0.1, -0.05) is 13.2 Å². The van der Waals surface area contributed by atoms with Gasteiger partial charge in [-0.3, -0.25) is 9.59 Å². The second-order valence-corrected chi connectivity index (χ2v) is 1.49. The highest BCUT2D eigenvalue weighted by atomic mass is 16.1. The number of carbonyl (C=O) groups is 1. The lowest BCUT2D eigenvalue weighted by Crippen LogP contribution is -2.04. The van der Waals surface area contributed by atoms with Crippen LogP contribution in [0.5, 0.6) is 0 Å². The predicted octanol–water partition coefficient (Wildman–Crippen LogP) is 0.330. The van der Waals surface area contributed by atoms with E-state index in [-0.39, 0.29) is 0 Å². The van der Waals surface area contributed by atoms with Crippen LogP contribution in [0.1, 0.15) is 6.92 Å². The first-order valence-corrected chi connectivity index (χ1v) is 2.50. The van der Waals surface area contributed by atoms with E-state index in [2.05, 4.69) is 18.9 Å². The maximum atomic E-state index is 9.47. The quantitative estimate of drug-likeness (QED) is 0.562. The first-order valence-electron chi connectivity index (χ1n) is 2.50. The van der Waals surface area contributed by atoms with E-state index in [4.69, 9.17) is 0 Å². The number of hydrogen-bond donors (Lipinski definition) is 1. The monoisotopic (exact) mass is 140 g/mol. The molecule has 3 heteroatoms. The van der Waals surface area contributed by atoms with Crippen molar-refractivity contribution in [3.63, 3.8) is 0 Å². The van der Waals surface area contributed by atoms with Gasteiger partial charge < -0.3 is 5.73 Å². The molecule has 55 valence electrons. The van der Waals surface area contributed by atoms with Crippen LogP contribution in [0.3, 0.4) is 0 Å². The van der Waals surface area contributed by atoms with E-state index >= 15 is 0 Å². The minimum absolute atomic E-state index is 0.449. The van der Waals surface area contributed by atoms with Crippen molar-refractivity contribution in [3.8, 4) is 0 Å². The Kier molecular flexibility index (Phi) is 8.70. The Labute approximate surface area is 60.2 Å². The first kappa shape index (κ1) is 11.4. The highest BCUT2D eigenvalue weighted by Gasteiger charge is 1.69. The third kappa shape index (κ3) is 30.5. The lowest BCUT2D eigenvalue weighted by molar-refractivity contribution is -0.113. The largest absolute Gasteiger partial charge is 0.366 e. The third-order valence-electron chi connectivity index (χ3n) is 0.375. The van der Waals surface area contributed by atoms with E-state index in [1.807, 2.05) is 0 Å². The molecule has 0 spiro atoms. The Morgan fingerprint density at radius 3 is 1.90 bits per heavy atom. The van der Waals surface area contributed by atoms with E-state index in [1.165, 1.54) is 0 Å². The summed E-state index contributed by atoms with van der Waals surface area (Å²) in [7, 11) is 0. The molecule has 1 radical (unpaired) electrons. The van der Waals surface area contributed by atoms with Gasteiger partial charge in [0.05, 0.1) is 0 Å². The summed E-state index contributed by atoms with van der Waals surface area (Å²) >= 11 is 0. The van der Waals surface area contributed by atoms with E-state index in [9.17, 15) is 9.59 Å². The van der Waals surface area contributed by atoms with Crippen LogP contribution in [0.4, 0.5) is 0 Å². The molecule has 0 unspecified atom stereocenters. The lowest BCUT2D eigenvalue weighted by Gasteiger charge is -1.65. The highest BCUT2D eigenvalue weighted by Crippen LogP contribution is 1.71. The maximum Gasteiger partial charge on any atom is 0.240 e. The molecule has 10 heavy (non-hydrogen) atoms. The van der Waals surface area contributed by atoms with Gasteiger partial charge in [-0.25, -0.2) is 0 Å². The van der Waals surface area contributed by atoms with Crippen molar-refractivity contribution in [1.82, 2.24) is 0 Å². The molecule has 0 saturated heterocycles. The number of nitrogens with two attached hydrogens (primary N) is 1. The van der Waals surface area contributed by atoms with Gasteiger partial charge in [0.15, 0.2) is 0 Å².